The molecule has 0 spiro atoms. The van der Waals surface area contributed by atoms with Gasteiger partial charge in [0.15, 0.2) is 12.2 Å². The highest BCUT2D eigenvalue weighted by Crippen LogP contribution is 2.32. The summed E-state index contributed by atoms with van der Waals surface area (Å²) in [5.74, 6) is -0.460. The number of anilines is 2. The van der Waals surface area contributed by atoms with Gasteiger partial charge in [-0.05, 0) is 55.7 Å². The average molecular weight is 499 g/mol. The number of rotatable bonds is 9. The molecular weight excluding hydrogens is 468 g/mol. The molecule has 0 aliphatic carbocycles. The van der Waals surface area contributed by atoms with E-state index >= 15 is 0 Å². The first-order chi connectivity index (χ1) is 17.8. The third-order valence-electron chi connectivity index (χ3n) is 5.75. The number of ether oxygens (including phenoxy) is 1. The molecule has 0 saturated heterocycles. The smallest absolute Gasteiger partial charge is 0.313 e. The van der Waals surface area contributed by atoms with Crippen LogP contribution in [0.15, 0.2) is 89.8 Å². The number of amides is 2. The van der Waals surface area contributed by atoms with Crippen molar-refractivity contribution in [1.29, 1.82) is 0 Å². The lowest BCUT2D eigenvalue weighted by Crippen LogP contribution is -2.49. The summed E-state index contributed by atoms with van der Waals surface area (Å²) in [6, 6.07) is 23.3. The van der Waals surface area contributed by atoms with Gasteiger partial charge < -0.3 is 25.1 Å². The maximum Gasteiger partial charge on any atom is 0.313 e. The molecule has 37 heavy (non-hydrogen) atoms. The van der Waals surface area contributed by atoms with Gasteiger partial charge in [0.05, 0.1) is 18.9 Å². The third-order valence-corrected chi connectivity index (χ3v) is 5.75. The van der Waals surface area contributed by atoms with Gasteiger partial charge >= 0.3 is 11.8 Å². The van der Waals surface area contributed by atoms with Crippen molar-refractivity contribution in [2.75, 3.05) is 17.7 Å². The van der Waals surface area contributed by atoms with Crippen LogP contribution in [-0.2, 0) is 22.6 Å². The topological polar surface area (TPSA) is 105 Å². The van der Waals surface area contributed by atoms with E-state index in [1.54, 1.807) is 24.4 Å². The SMILES string of the molecule is COc1cc(NC(=O)C(=O)NC(C)(C)Cc2ccc(NCc3ccccc3)cc2)ccc1-c1cnco1. The molecule has 4 aromatic rings. The van der Waals surface area contributed by atoms with Crippen LogP contribution in [0.5, 0.6) is 5.75 Å². The minimum absolute atomic E-state index is 0.427. The molecule has 2 amide bonds. The summed E-state index contributed by atoms with van der Waals surface area (Å²) in [6.45, 7) is 4.51. The molecule has 0 aliphatic rings. The number of oxazole rings is 1. The maximum atomic E-state index is 12.6. The van der Waals surface area contributed by atoms with E-state index < -0.39 is 17.4 Å². The molecule has 8 nitrogen and oxygen atoms in total. The van der Waals surface area contributed by atoms with Crippen LogP contribution >= 0.6 is 0 Å². The third kappa shape index (κ3) is 6.98. The fourth-order valence-corrected chi connectivity index (χ4v) is 3.97. The van der Waals surface area contributed by atoms with E-state index in [9.17, 15) is 9.59 Å². The molecule has 1 aromatic heterocycles. The second kappa shape index (κ2) is 11.4. The number of nitrogens with zero attached hydrogens (tertiary/aromatic N) is 1. The van der Waals surface area contributed by atoms with Gasteiger partial charge in [0, 0.05) is 29.5 Å². The Morgan fingerprint density at radius 1 is 0.919 bits per heavy atom. The summed E-state index contributed by atoms with van der Waals surface area (Å²) in [6.07, 6.45) is 3.46. The van der Waals surface area contributed by atoms with Crippen molar-refractivity contribution in [3.8, 4) is 17.1 Å². The number of carbonyl (C=O) groups is 2. The van der Waals surface area contributed by atoms with Gasteiger partial charge in [-0.25, -0.2) is 4.98 Å². The average Bonchev–Trinajstić information content (AvgIpc) is 3.43. The second-order valence-electron chi connectivity index (χ2n) is 9.29. The molecule has 4 rings (SSSR count). The van der Waals surface area contributed by atoms with E-state index in [2.05, 4.69) is 33.1 Å². The summed E-state index contributed by atoms with van der Waals surface area (Å²) >= 11 is 0. The van der Waals surface area contributed by atoms with Gasteiger partial charge in [-0.1, -0.05) is 42.5 Å². The van der Waals surface area contributed by atoms with Crippen molar-refractivity contribution in [1.82, 2.24) is 10.3 Å². The number of methoxy groups -OCH3 is 1. The molecule has 0 radical (unpaired) electrons. The fraction of sp³-hybridized carbons (Fsp3) is 0.207. The number of nitrogens with one attached hydrogen (secondary N) is 3. The zero-order valence-electron chi connectivity index (χ0n) is 21.1. The van der Waals surface area contributed by atoms with E-state index in [-0.39, 0.29) is 0 Å². The van der Waals surface area contributed by atoms with Gasteiger partial charge in [0.25, 0.3) is 0 Å². The van der Waals surface area contributed by atoms with E-state index in [4.69, 9.17) is 9.15 Å². The minimum Gasteiger partial charge on any atom is -0.496 e. The lowest BCUT2D eigenvalue weighted by molar-refractivity contribution is -0.137. The van der Waals surface area contributed by atoms with Crippen LogP contribution in [0, 0.1) is 0 Å². The van der Waals surface area contributed by atoms with Crippen LogP contribution in [0.3, 0.4) is 0 Å². The fourth-order valence-electron chi connectivity index (χ4n) is 3.97. The first-order valence-corrected chi connectivity index (χ1v) is 11.9. The Morgan fingerprint density at radius 2 is 1.65 bits per heavy atom. The van der Waals surface area contributed by atoms with Crippen molar-refractivity contribution < 1.29 is 18.7 Å². The van der Waals surface area contributed by atoms with Crippen LogP contribution in [0.4, 0.5) is 11.4 Å². The Labute approximate surface area is 216 Å². The van der Waals surface area contributed by atoms with E-state index in [0.717, 1.165) is 17.8 Å². The normalized spacial score (nSPS) is 11.0. The molecule has 0 saturated carbocycles. The van der Waals surface area contributed by atoms with Crippen LogP contribution in [0.1, 0.15) is 25.0 Å². The van der Waals surface area contributed by atoms with Gasteiger partial charge in [-0.3, -0.25) is 9.59 Å². The van der Waals surface area contributed by atoms with Gasteiger partial charge in [-0.15, -0.1) is 0 Å². The van der Waals surface area contributed by atoms with Crippen LogP contribution < -0.4 is 20.7 Å². The number of hydrogen-bond acceptors (Lipinski definition) is 6. The summed E-state index contributed by atoms with van der Waals surface area (Å²) in [7, 11) is 1.52. The molecule has 1 heterocycles. The molecule has 0 bridgehead atoms. The largest absolute Gasteiger partial charge is 0.496 e. The Morgan fingerprint density at radius 3 is 2.32 bits per heavy atom. The predicted molar refractivity (Wildman–Crippen MR) is 143 cm³/mol. The second-order valence-corrected chi connectivity index (χ2v) is 9.29. The number of benzene rings is 3. The molecule has 8 heteroatoms. The maximum absolute atomic E-state index is 12.6. The molecule has 0 atom stereocenters. The number of carbonyl (C=O) groups excluding carboxylic acids is 2. The number of aromatic nitrogens is 1. The van der Waals surface area contributed by atoms with Crippen molar-refractivity contribution >= 4 is 23.2 Å². The quantitative estimate of drug-likeness (QED) is 0.279. The zero-order valence-corrected chi connectivity index (χ0v) is 21.1. The molecule has 3 N–H and O–H groups in total. The first-order valence-electron chi connectivity index (χ1n) is 11.9. The number of hydrogen-bond donors (Lipinski definition) is 3. The molecule has 190 valence electrons. The highest BCUT2D eigenvalue weighted by molar-refractivity contribution is 6.39. The highest BCUT2D eigenvalue weighted by atomic mass is 16.5. The van der Waals surface area contributed by atoms with Gasteiger partial charge in [0.1, 0.15) is 5.75 Å². The van der Waals surface area contributed by atoms with Crippen LogP contribution in [-0.4, -0.2) is 29.4 Å². The predicted octanol–water partition coefficient (Wildman–Crippen LogP) is 5.04. The highest BCUT2D eigenvalue weighted by Gasteiger charge is 2.25. The summed E-state index contributed by atoms with van der Waals surface area (Å²) in [4.78, 5) is 29.1. The van der Waals surface area contributed by atoms with E-state index in [1.165, 1.54) is 19.1 Å². The van der Waals surface area contributed by atoms with E-state index in [1.807, 2.05) is 56.3 Å². The van der Waals surface area contributed by atoms with Crippen molar-refractivity contribution in [3.63, 3.8) is 0 Å². The molecule has 3 aromatic carbocycles. The lowest BCUT2D eigenvalue weighted by Gasteiger charge is -2.26. The Kier molecular flexibility index (Phi) is 7.88. The van der Waals surface area contributed by atoms with Gasteiger partial charge in [-0.2, -0.15) is 0 Å². The standard InChI is InChI=1S/C29H30N4O4/c1-29(2,16-20-9-11-22(12-10-20)31-17-21-7-5-4-6-8-21)33-28(35)27(34)32-23-13-14-24(25(15-23)36-3)26-18-30-19-37-26/h4-15,18-19,31H,16-17H2,1-3H3,(H,32,34)(H,33,35). The first kappa shape index (κ1) is 25.5. The van der Waals surface area contributed by atoms with Gasteiger partial charge in [0.2, 0.25) is 0 Å². The van der Waals surface area contributed by atoms with Crippen molar-refractivity contribution in [2.45, 2.75) is 32.4 Å². The summed E-state index contributed by atoms with van der Waals surface area (Å²) in [5.41, 5.74) is 3.74. The summed E-state index contributed by atoms with van der Waals surface area (Å²) in [5, 5.41) is 8.85. The molecule has 0 unspecified atom stereocenters. The monoisotopic (exact) mass is 498 g/mol. The zero-order chi connectivity index (χ0) is 26.3. The van der Waals surface area contributed by atoms with Crippen LogP contribution in [0.2, 0.25) is 0 Å². The Hall–Kier alpha value is -4.59. The molecule has 0 fully saturated rings. The van der Waals surface area contributed by atoms with E-state index in [0.29, 0.717) is 29.2 Å². The Balaban J connectivity index is 1.31. The Bertz CT molecular complexity index is 1330. The molecular formula is C29H30N4O4. The molecule has 0 aliphatic heterocycles. The lowest BCUT2D eigenvalue weighted by atomic mass is 9.94. The van der Waals surface area contributed by atoms with Crippen molar-refractivity contribution in [3.05, 3.63) is 96.5 Å². The summed E-state index contributed by atoms with van der Waals surface area (Å²) < 4.78 is 10.7. The minimum atomic E-state index is -0.761. The van der Waals surface area contributed by atoms with Crippen molar-refractivity contribution in [2.24, 2.45) is 0 Å². The van der Waals surface area contributed by atoms with Crippen LogP contribution in [0.25, 0.3) is 11.3 Å².